The molecular weight excluding hydrogens is 236 g/mol. The molecule has 1 amide bonds. The summed E-state index contributed by atoms with van der Waals surface area (Å²) in [6.07, 6.45) is 4.04. The molecule has 1 atom stereocenters. The van der Waals surface area contributed by atoms with Gasteiger partial charge in [-0.25, -0.2) is 0 Å². The summed E-state index contributed by atoms with van der Waals surface area (Å²) in [6, 6.07) is 8.70. The first-order chi connectivity index (χ1) is 8.98. The highest BCUT2D eigenvalue weighted by atomic mass is 16.1. The lowest BCUT2D eigenvalue weighted by atomic mass is 9.82. The molecule has 0 radical (unpaired) electrons. The Kier molecular flexibility index (Phi) is 4.25. The normalized spacial score (nSPS) is 18.9. The Labute approximate surface area is 115 Å². The van der Waals surface area contributed by atoms with Gasteiger partial charge in [0.05, 0.1) is 0 Å². The predicted octanol–water partition coefficient (Wildman–Crippen LogP) is 2.35. The zero-order valence-electron chi connectivity index (χ0n) is 11.9. The molecule has 3 nitrogen and oxygen atoms in total. The van der Waals surface area contributed by atoms with Gasteiger partial charge in [0.25, 0.3) is 0 Å². The summed E-state index contributed by atoms with van der Waals surface area (Å²) in [4.78, 5) is 11.0. The first kappa shape index (κ1) is 14.1. The van der Waals surface area contributed by atoms with Crippen molar-refractivity contribution in [3.05, 3.63) is 35.4 Å². The number of hydrogen-bond acceptors (Lipinski definition) is 2. The lowest BCUT2D eigenvalue weighted by Crippen LogP contribution is -2.44. The fourth-order valence-electron chi connectivity index (χ4n) is 2.96. The Balaban J connectivity index is 1.99. The maximum Gasteiger partial charge on any atom is 0.219 e. The van der Waals surface area contributed by atoms with Gasteiger partial charge in [0.1, 0.15) is 0 Å². The van der Waals surface area contributed by atoms with E-state index in [9.17, 15) is 4.79 Å². The summed E-state index contributed by atoms with van der Waals surface area (Å²) < 4.78 is 0. The second-order valence-corrected chi connectivity index (χ2v) is 6.20. The fourth-order valence-corrected chi connectivity index (χ4v) is 2.96. The molecule has 0 aromatic heterocycles. The van der Waals surface area contributed by atoms with E-state index in [-0.39, 0.29) is 11.4 Å². The monoisotopic (exact) mass is 260 g/mol. The van der Waals surface area contributed by atoms with Crippen molar-refractivity contribution in [1.82, 2.24) is 5.32 Å². The molecule has 1 unspecified atom stereocenters. The van der Waals surface area contributed by atoms with Crippen LogP contribution in [0.4, 0.5) is 0 Å². The van der Waals surface area contributed by atoms with Crippen molar-refractivity contribution in [2.45, 2.75) is 51.0 Å². The van der Waals surface area contributed by atoms with Gasteiger partial charge in [0, 0.05) is 18.5 Å². The first-order valence-electron chi connectivity index (χ1n) is 7.09. The Hall–Kier alpha value is -1.35. The minimum Gasteiger partial charge on any atom is -0.370 e. The van der Waals surface area contributed by atoms with Gasteiger partial charge >= 0.3 is 0 Å². The van der Waals surface area contributed by atoms with Crippen molar-refractivity contribution in [3.63, 3.8) is 0 Å². The smallest absolute Gasteiger partial charge is 0.219 e. The molecule has 1 aliphatic carbocycles. The molecule has 0 spiro atoms. The van der Waals surface area contributed by atoms with E-state index in [0.29, 0.717) is 12.3 Å². The van der Waals surface area contributed by atoms with Crippen LogP contribution in [0.5, 0.6) is 0 Å². The minimum atomic E-state index is -0.249. The second kappa shape index (κ2) is 5.74. The molecule has 0 heterocycles. The average Bonchev–Trinajstić information content (AvgIpc) is 2.35. The van der Waals surface area contributed by atoms with Crippen LogP contribution in [0, 0.1) is 0 Å². The third kappa shape index (κ3) is 3.80. The highest BCUT2D eigenvalue weighted by Gasteiger charge is 2.24. The summed E-state index contributed by atoms with van der Waals surface area (Å²) in [5.74, 6) is 0.304. The van der Waals surface area contributed by atoms with E-state index in [2.05, 4.69) is 29.6 Å². The number of nitrogens with one attached hydrogen (secondary N) is 1. The summed E-state index contributed by atoms with van der Waals surface area (Å²) in [5, 5.41) is 3.50. The number of aryl methyl sites for hydroxylation is 1. The van der Waals surface area contributed by atoms with Crippen LogP contribution in [0.3, 0.4) is 0 Å². The lowest BCUT2D eigenvalue weighted by Gasteiger charge is -2.31. The van der Waals surface area contributed by atoms with Crippen molar-refractivity contribution in [1.29, 1.82) is 0 Å². The van der Waals surface area contributed by atoms with E-state index in [1.807, 2.05) is 13.8 Å². The van der Waals surface area contributed by atoms with E-state index >= 15 is 0 Å². The zero-order chi connectivity index (χ0) is 13.9. The zero-order valence-corrected chi connectivity index (χ0v) is 11.9. The number of fused-ring (bicyclic) bond motifs is 1. The fraction of sp³-hybridized carbons (Fsp3) is 0.562. The standard InChI is InChI=1S/C16H24N2O/c1-16(2,10-15(17)19)18-11-13-8-5-7-12-6-3-4-9-14(12)13/h3-4,6,9,13,18H,5,7-8,10-11H2,1-2H3,(H2,17,19). The third-order valence-electron chi connectivity index (χ3n) is 3.94. The number of hydrogen-bond donors (Lipinski definition) is 2. The Bertz CT molecular complexity index is 454. The van der Waals surface area contributed by atoms with Crippen molar-refractivity contribution >= 4 is 5.91 Å². The molecule has 3 heteroatoms. The van der Waals surface area contributed by atoms with E-state index in [1.165, 1.54) is 30.4 Å². The van der Waals surface area contributed by atoms with Crippen LogP contribution < -0.4 is 11.1 Å². The van der Waals surface area contributed by atoms with Crippen molar-refractivity contribution in [2.24, 2.45) is 5.73 Å². The van der Waals surface area contributed by atoms with Crippen LogP contribution in [0.1, 0.15) is 50.2 Å². The highest BCUT2D eigenvalue weighted by Crippen LogP contribution is 2.31. The molecule has 1 aromatic rings. The molecule has 19 heavy (non-hydrogen) atoms. The van der Waals surface area contributed by atoms with Crippen LogP contribution in [0.25, 0.3) is 0 Å². The van der Waals surface area contributed by atoms with Crippen LogP contribution in [-0.4, -0.2) is 18.0 Å². The third-order valence-corrected chi connectivity index (χ3v) is 3.94. The molecule has 0 saturated carbocycles. The molecular formula is C16H24N2O. The van der Waals surface area contributed by atoms with E-state index in [4.69, 9.17) is 5.73 Å². The van der Waals surface area contributed by atoms with Gasteiger partial charge in [-0.05, 0) is 50.2 Å². The highest BCUT2D eigenvalue weighted by molar-refractivity contribution is 5.75. The van der Waals surface area contributed by atoms with Gasteiger partial charge in [0.15, 0.2) is 0 Å². The van der Waals surface area contributed by atoms with Gasteiger partial charge in [0.2, 0.25) is 5.91 Å². The van der Waals surface area contributed by atoms with Crippen LogP contribution >= 0.6 is 0 Å². The van der Waals surface area contributed by atoms with Gasteiger partial charge in [-0.1, -0.05) is 24.3 Å². The van der Waals surface area contributed by atoms with Gasteiger partial charge in [-0.3, -0.25) is 4.79 Å². The quantitative estimate of drug-likeness (QED) is 0.854. The summed E-state index contributed by atoms with van der Waals surface area (Å²) in [7, 11) is 0. The average molecular weight is 260 g/mol. The van der Waals surface area contributed by atoms with Crippen molar-refractivity contribution in [3.8, 4) is 0 Å². The minimum absolute atomic E-state index is 0.224. The van der Waals surface area contributed by atoms with Crippen LogP contribution in [0.2, 0.25) is 0 Å². The molecule has 104 valence electrons. The number of benzene rings is 1. The van der Waals surface area contributed by atoms with Crippen molar-refractivity contribution in [2.75, 3.05) is 6.54 Å². The number of rotatable bonds is 5. The summed E-state index contributed by atoms with van der Waals surface area (Å²) >= 11 is 0. The molecule has 3 N–H and O–H groups in total. The van der Waals surface area contributed by atoms with E-state index in [1.54, 1.807) is 0 Å². The van der Waals surface area contributed by atoms with Crippen LogP contribution in [0.15, 0.2) is 24.3 Å². The Morgan fingerprint density at radius 2 is 2.16 bits per heavy atom. The summed E-state index contributed by atoms with van der Waals surface area (Å²) in [5.41, 5.74) is 8.01. The van der Waals surface area contributed by atoms with Gasteiger partial charge in [-0.15, -0.1) is 0 Å². The maximum absolute atomic E-state index is 11.0. The lowest BCUT2D eigenvalue weighted by molar-refractivity contribution is -0.119. The molecule has 0 aliphatic heterocycles. The van der Waals surface area contributed by atoms with Gasteiger partial charge < -0.3 is 11.1 Å². The molecule has 0 bridgehead atoms. The molecule has 0 saturated heterocycles. The van der Waals surface area contributed by atoms with Crippen molar-refractivity contribution < 1.29 is 4.79 Å². The molecule has 0 fully saturated rings. The number of primary amides is 1. The first-order valence-corrected chi connectivity index (χ1v) is 7.09. The Morgan fingerprint density at radius 1 is 1.42 bits per heavy atom. The number of amides is 1. The molecule has 1 aliphatic rings. The molecule has 2 rings (SSSR count). The SMILES string of the molecule is CC(C)(CC(N)=O)NCC1CCCc2ccccc21. The van der Waals surface area contributed by atoms with Gasteiger partial charge in [-0.2, -0.15) is 0 Å². The topological polar surface area (TPSA) is 55.1 Å². The van der Waals surface area contributed by atoms with Crippen LogP contribution in [-0.2, 0) is 11.2 Å². The summed E-state index contributed by atoms with van der Waals surface area (Å²) in [6.45, 7) is 4.98. The number of carbonyl (C=O) groups is 1. The van der Waals surface area contributed by atoms with E-state index in [0.717, 1.165) is 6.54 Å². The molecule has 1 aromatic carbocycles. The second-order valence-electron chi connectivity index (χ2n) is 6.20. The maximum atomic E-state index is 11.0. The van der Waals surface area contributed by atoms with E-state index < -0.39 is 0 Å². The number of nitrogens with two attached hydrogens (primary N) is 1. The number of carbonyl (C=O) groups excluding carboxylic acids is 1. The Morgan fingerprint density at radius 3 is 2.89 bits per heavy atom. The predicted molar refractivity (Wildman–Crippen MR) is 78.0 cm³/mol. The largest absolute Gasteiger partial charge is 0.370 e.